The lowest BCUT2D eigenvalue weighted by atomic mass is 9.92. The van der Waals surface area contributed by atoms with Crippen molar-refractivity contribution in [3.05, 3.63) is 59.7 Å². The zero-order chi connectivity index (χ0) is 19.1. The molecule has 1 saturated heterocycles. The lowest BCUT2D eigenvalue weighted by molar-refractivity contribution is -0.118. The van der Waals surface area contributed by atoms with Gasteiger partial charge in [0.2, 0.25) is 5.91 Å². The monoisotopic (exact) mass is 375 g/mol. The van der Waals surface area contributed by atoms with Crippen molar-refractivity contribution in [3.8, 4) is 0 Å². The summed E-state index contributed by atoms with van der Waals surface area (Å²) in [5.41, 5.74) is 3.87. The molecule has 2 N–H and O–H groups in total. The molecule has 0 aromatic heterocycles. The highest BCUT2D eigenvalue weighted by Gasteiger charge is 2.57. The van der Waals surface area contributed by atoms with Crippen LogP contribution in [0.15, 0.2) is 48.5 Å². The van der Waals surface area contributed by atoms with Gasteiger partial charge in [0, 0.05) is 29.4 Å². The molecule has 2 aromatic rings. The molecule has 2 amide bonds. The fourth-order valence-corrected chi connectivity index (χ4v) is 4.83. The van der Waals surface area contributed by atoms with Crippen LogP contribution in [0.3, 0.4) is 0 Å². The van der Waals surface area contributed by atoms with Crippen molar-refractivity contribution in [3.63, 3.8) is 0 Å². The van der Waals surface area contributed by atoms with Crippen molar-refractivity contribution >= 4 is 23.2 Å². The van der Waals surface area contributed by atoms with Crippen LogP contribution >= 0.6 is 0 Å². The molecule has 1 aliphatic carbocycles. The van der Waals surface area contributed by atoms with Crippen LogP contribution in [-0.2, 0) is 11.2 Å². The number of amides is 2. The Kier molecular flexibility index (Phi) is 4.20. The molecular weight excluding hydrogens is 350 g/mol. The third-order valence-electron chi connectivity index (χ3n) is 6.64. The van der Waals surface area contributed by atoms with Gasteiger partial charge >= 0.3 is 0 Å². The fourth-order valence-electron chi connectivity index (χ4n) is 4.83. The fraction of sp³-hybridized carbons (Fsp3) is 0.391. The zero-order valence-electron chi connectivity index (χ0n) is 15.9. The van der Waals surface area contributed by atoms with E-state index in [1.165, 1.54) is 5.56 Å². The highest BCUT2D eigenvalue weighted by molar-refractivity contribution is 6.07. The normalized spacial score (nSPS) is 22.0. The summed E-state index contributed by atoms with van der Waals surface area (Å²) in [5.74, 6) is 0.269. The van der Waals surface area contributed by atoms with Gasteiger partial charge in [-0.15, -0.1) is 0 Å². The Morgan fingerprint density at radius 1 is 1.04 bits per heavy atom. The quantitative estimate of drug-likeness (QED) is 0.866. The number of nitrogens with one attached hydrogen (secondary N) is 2. The van der Waals surface area contributed by atoms with Crippen molar-refractivity contribution in [2.75, 3.05) is 29.9 Å². The highest BCUT2D eigenvalue weighted by atomic mass is 16.2. The number of nitrogens with zero attached hydrogens (tertiary/aromatic N) is 1. The summed E-state index contributed by atoms with van der Waals surface area (Å²) in [6.07, 6.45) is 4.09. The standard InChI is InChI=1S/C23H25N3O2/c27-21(19-15-23(19)10-12-24-13-11-23)25-18-7-5-17(6-8-18)22(28)26-14-9-16-3-1-2-4-20(16)26/h1-8,19,24H,9-15H2,(H,25,27). The Balaban J connectivity index is 1.24. The number of hydrogen-bond acceptors (Lipinski definition) is 3. The van der Waals surface area contributed by atoms with E-state index in [2.05, 4.69) is 16.7 Å². The van der Waals surface area contributed by atoms with E-state index < -0.39 is 0 Å². The smallest absolute Gasteiger partial charge is 0.258 e. The van der Waals surface area contributed by atoms with E-state index in [1.54, 1.807) is 0 Å². The van der Waals surface area contributed by atoms with Crippen LogP contribution in [0.25, 0.3) is 0 Å². The number of hydrogen-bond donors (Lipinski definition) is 2. The number of para-hydroxylation sites is 1. The number of carbonyl (C=O) groups excluding carboxylic acids is 2. The predicted molar refractivity (Wildman–Crippen MR) is 110 cm³/mol. The van der Waals surface area contributed by atoms with Crippen molar-refractivity contribution in [2.24, 2.45) is 11.3 Å². The molecule has 2 aromatic carbocycles. The first-order chi connectivity index (χ1) is 13.7. The van der Waals surface area contributed by atoms with Crippen LogP contribution < -0.4 is 15.5 Å². The summed E-state index contributed by atoms with van der Waals surface area (Å²) in [4.78, 5) is 27.3. The van der Waals surface area contributed by atoms with Gasteiger partial charge in [-0.25, -0.2) is 0 Å². The molecule has 0 radical (unpaired) electrons. The van der Waals surface area contributed by atoms with Crippen LogP contribution in [0.4, 0.5) is 11.4 Å². The van der Waals surface area contributed by atoms with Gasteiger partial charge in [-0.05, 0) is 80.1 Å². The van der Waals surface area contributed by atoms with Crippen molar-refractivity contribution in [1.29, 1.82) is 0 Å². The van der Waals surface area contributed by atoms with Crippen LogP contribution in [0.2, 0.25) is 0 Å². The van der Waals surface area contributed by atoms with E-state index in [4.69, 9.17) is 0 Å². The van der Waals surface area contributed by atoms with Crippen molar-refractivity contribution in [2.45, 2.75) is 25.7 Å². The number of piperidine rings is 1. The van der Waals surface area contributed by atoms with Gasteiger partial charge in [-0.2, -0.15) is 0 Å². The average Bonchev–Trinajstić information content (AvgIpc) is 3.24. The van der Waals surface area contributed by atoms with Crippen LogP contribution in [0.1, 0.15) is 35.2 Å². The maximum absolute atomic E-state index is 12.9. The van der Waals surface area contributed by atoms with Gasteiger partial charge in [0.25, 0.3) is 5.91 Å². The van der Waals surface area contributed by atoms with Crippen LogP contribution in [0, 0.1) is 11.3 Å². The molecule has 1 unspecified atom stereocenters. The van der Waals surface area contributed by atoms with Crippen molar-refractivity contribution in [1.82, 2.24) is 5.32 Å². The maximum Gasteiger partial charge on any atom is 0.258 e. The Labute approximate surface area is 165 Å². The molecule has 5 nitrogen and oxygen atoms in total. The first-order valence-corrected chi connectivity index (χ1v) is 10.2. The SMILES string of the molecule is O=C(Nc1ccc(C(=O)N2CCc3ccccc32)cc1)C1CC12CCNCC2. The Hall–Kier alpha value is -2.66. The zero-order valence-corrected chi connectivity index (χ0v) is 15.9. The Bertz CT molecular complexity index is 916. The molecule has 5 heteroatoms. The summed E-state index contributed by atoms with van der Waals surface area (Å²) in [6, 6.07) is 15.4. The minimum absolute atomic E-state index is 0.0127. The topological polar surface area (TPSA) is 61.4 Å². The number of benzene rings is 2. The molecule has 0 bridgehead atoms. The second-order valence-corrected chi connectivity index (χ2v) is 8.27. The van der Waals surface area contributed by atoms with E-state index in [1.807, 2.05) is 47.4 Å². The van der Waals surface area contributed by atoms with E-state index in [0.717, 1.165) is 56.7 Å². The van der Waals surface area contributed by atoms with Gasteiger partial charge in [-0.1, -0.05) is 18.2 Å². The largest absolute Gasteiger partial charge is 0.326 e. The summed E-state index contributed by atoms with van der Waals surface area (Å²) in [7, 11) is 0. The Morgan fingerprint density at radius 3 is 2.57 bits per heavy atom. The average molecular weight is 375 g/mol. The van der Waals surface area contributed by atoms with Gasteiger partial charge in [-0.3, -0.25) is 9.59 Å². The number of anilines is 2. The molecule has 144 valence electrons. The van der Waals surface area contributed by atoms with E-state index in [9.17, 15) is 9.59 Å². The molecule has 1 atom stereocenters. The third kappa shape index (κ3) is 3.00. The first kappa shape index (κ1) is 17.4. The van der Waals surface area contributed by atoms with Gasteiger partial charge in [0.15, 0.2) is 0 Å². The minimum Gasteiger partial charge on any atom is -0.326 e. The molecule has 28 heavy (non-hydrogen) atoms. The predicted octanol–water partition coefficient (Wildman–Crippen LogP) is 3.22. The van der Waals surface area contributed by atoms with Gasteiger partial charge in [0.05, 0.1) is 0 Å². The molecule has 2 aliphatic heterocycles. The second kappa shape index (κ2) is 6.74. The number of carbonyl (C=O) groups is 2. The van der Waals surface area contributed by atoms with Gasteiger partial charge < -0.3 is 15.5 Å². The van der Waals surface area contributed by atoms with Gasteiger partial charge in [0.1, 0.15) is 0 Å². The van der Waals surface area contributed by atoms with Crippen LogP contribution in [0.5, 0.6) is 0 Å². The summed E-state index contributed by atoms with van der Waals surface area (Å²) in [5, 5.41) is 6.41. The third-order valence-corrected chi connectivity index (χ3v) is 6.64. The molecule has 3 aliphatic rings. The molecule has 1 spiro atoms. The number of rotatable bonds is 3. The Morgan fingerprint density at radius 2 is 1.79 bits per heavy atom. The summed E-state index contributed by atoms with van der Waals surface area (Å²) < 4.78 is 0. The second-order valence-electron chi connectivity index (χ2n) is 8.27. The van der Waals surface area contributed by atoms with E-state index in [0.29, 0.717) is 5.56 Å². The lowest BCUT2D eigenvalue weighted by Gasteiger charge is -2.23. The first-order valence-electron chi connectivity index (χ1n) is 10.2. The molecule has 2 fully saturated rings. The van der Waals surface area contributed by atoms with Crippen LogP contribution in [-0.4, -0.2) is 31.4 Å². The molecule has 5 rings (SSSR count). The molecular formula is C23H25N3O2. The van der Waals surface area contributed by atoms with E-state index >= 15 is 0 Å². The maximum atomic E-state index is 12.9. The van der Waals surface area contributed by atoms with E-state index in [-0.39, 0.29) is 23.1 Å². The lowest BCUT2D eigenvalue weighted by Crippen LogP contribution is -2.31. The van der Waals surface area contributed by atoms with Crippen molar-refractivity contribution < 1.29 is 9.59 Å². The molecule has 2 heterocycles. The number of fused-ring (bicyclic) bond motifs is 1. The highest BCUT2D eigenvalue weighted by Crippen LogP contribution is 2.58. The summed E-state index contributed by atoms with van der Waals surface area (Å²) >= 11 is 0. The molecule has 1 saturated carbocycles. The summed E-state index contributed by atoms with van der Waals surface area (Å²) in [6.45, 7) is 2.75. The minimum atomic E-state index is 0.0127.